The largest absolute Gasteiger partial charge is 0.497 e. The first-order chi connectivity index (χ1) is 13.6. The summed E-state index contributed by atoms with van der Waals surface area (Å²) in [5.41, 5.74) is 5.07. The Morgan fingerprint density at radius 2 is 2.18 bits per heavy atom. The molecule has 0 saturated heterocycles. The minimum absolute atomic E-state index is 0.0969. The van der Waals surface area contributed by atoms with Gasteiger partial charge in [0.25, 0.3) is 0 Å². The molecule has 0 aliphatic rings. The van der Waals surface area contributed by atoms with Crippen LogP contribution < -0.4 is 14.9 Å². The number of nitro groups is 1. The summed E-state index contributed by atoms with van der Waals surface area (Å²) in [5, 5.41) is 17.8. The van der Waals surface area contributed by atoms with Crippen LogP contribution in [0.25, 0.3) is 11.3 Å². The van der Waals surface area contributed by atoms with Crippen molar-refractivity contribution < 1.29 is 14.4 Å². The number of nitrogens with zero attached hydrogens (tertiary/aromatic N) is 3. The average Bonchev–Trinajstić information content (AvgIpc) is 3.18. The Labute approximate surface area is 165 Å². The van der Waals surface area contributed by atoms with Crippen molar-refractivity contribution >= 4 is 28.4 Å². The van der Waals surface area contributed by atoms with Gasteiger partial charge in [-0.3, -0.25) is 15.5 Å². The maximum atomic E-state index is 11.2. The van der Waals surface area contributed by atoms with Crippen molar-refractivity contribution in [2.24, 2.45) is 5.10 Å². The first-order valence-corrected chi connectivity index (χ1v) is 9.29. The molecule has 8 nitrogen and oxygen atoms in total. The number of benzene rings is 2. The van der Waals surface area contributed by atoms with Crippen molar-refractivity contribution in [1.29, 1.82) is 0 Å². The lowest BCUT2D eigenvalue weighted by molar-refractivity contribution is -0.385. The van der Waals surface area contributed by atoms with E-state index in [-0.39, 0.29) is 11.4 Å². The van der Waals surface area contributed by atoms with Crippen LogP contribution in [0, 0.1) is 10.1 Å². The molecule has 0 amide bonds. The van der Waals surface area contributed by atoms with E-state index in [1.807, 2.05) is 29.6 Å². The second-order valence-electron chi connectivity index (χ2n) is 5.56. The van der Waals surface area contributed by atoms with Gasteiger partial charge in [0.2, 0.25) is 5.13 Å². The Morgan fingerprint density at radius 3 is 2.93 bits per heavy atom. The van der Waals surface area contributed by atoms with Crippen molar-refractivity contribution in [2.45, 2.75) is 6.92 Å². The number of aromatic nitrogens is 1. The summed E-state index contributed by atoms with van der Waals surface area (Å²) in [5.74, 6) is 0.996. The lowest BCUT2D eigenvalue weighted by Crippen LogP contribution is -1.99. The van der Waals surface area contributed by atoms with E-state index < -0.39 is 4.92 Å². The van der Waals surface area contributed by atoms with Crippen LogP contribution >= 0.6 is 11.3 Å². The van der Waals surface area contributed by atoms with Crippen LogP contribution in [-0.2, 0) is 0 Å². The summed E-state index contributed by atoms with van der Waals surface area (Å²) in [6.07, 6.45) is 1.50. The van der Waals surface area contributed by atoms with E-state index in [1.54, 1.807) is 26.2 Å². The first-order valence-electron chi connectivity index (χ1n) is 8.41. The molecule has 0 saturated carbocycles. The molecule has 2 aromatic carbocycles. The predicted octanol–water partition coefficient (Wildman–Crippen LogP) is 4.57. The van der Waals surface area contributed by atoms with Crippen LogP contribution in [0.3, 0.4) is 0 Å². The zero-order valence-corrected chi connectivity index (χ0v) is 16.1. The zero-order chi connectivity index (χ0) is 19.9. The summed E-state index contributed by atoms with van der Waals surface area (Å²) in [6.45, 7) is 2.13. The Bertz CT molecular complexity index is 1000. The Hall–Kier alpha value is -3.46. The lowest BCUT2D eigenvalue weighted by atomic mass is 10.2. The molecular formula is C19H18N4O4S. The van der Waals surface area contributed by atoms with Crippen LogP contribution in [0.2, 0.25) is 0 Å². The third-order valence-corrected chi connectivity index (χ3v) is 4.47. The molecule has 28 heavy (non-hydrogen) atoms. The number of thiazole rings is 1. The number of nitrogens with one attached hydrogen (secondary N) is 1. The van der Waals surface area contributed by atoms with Gasteiger partial charge in [-0.25, -0.2) is 4.98 Å². The molecular weight excluding hydrogens is 380 g/mol. The standard InChI is InChI=1S/C19H18N4O4S/c1-3-27-18-8-7-13(9-17(18)23(24)25)11-20-22-19-21-16(12-28-19)14-5-4-6-15(10-14)26-2/h4-12H,3H2,1-2H3,(H,21,22)/b20-11-. The number of methoxy groups -OCH3 is 1. The Kier molecular flexibility index (Phi) is 6.18. The normalized spacial score (nSPS) is 10.8. The van der Waals surface area contributed by atoms with Crippen molar-refractivity contribution in [2.75, 3.05) is 19.1 Å². The van der Waals surface area contributed by atoms with Crippen molar-refractivity contribution in [3.8, 4) is 22.8 Å². The van der Waals surface area contributed by atoms with E-state index in [0.717, 1.165) is 17.0 Å². The average molecular weight is 398 g/mol. The highest BCUT2D eigenvalue weighted by atomic mass is 32.1. The van der Waals surface area contributed by atoms with Gasteiger partial charge in [-0.2, -0.15) is 5.10 Å². The summed E-state index contributed by atoms with van der Waals surface area (Å²) in [6, 6.07) is 12.3. The van der Waals surface area contributed by atoms with Gasteiger partial charge in [-0.15, -0.1) is 11.3 Å². The third-order valence-electron chi connectivity index (χ3n) is 3.72. The highest BCUT2D eigenvalue weighted by Gasteiger charge is 2.15. The molecule has 0 aliphatic carbocycles. The van der Waals surface area contributed by atoms with E-state index in [4.69, 9.17) is 9.47 Å². The van der Waals surface area contributed by atoms with Gasteiger partial charge >= 0.3 is 5.69 Å². The summed E-state index contributed by atoms with van der Waals surface area (Å²) >= 11 is 1.41. The van der Waals surface area contributed by atoms with Crippen LogP contribution in [0.4, 0.5) is 10.8 Å². The monoisotopic (exact) mass is 398 g/mol. The fourth-order valence-corrected chi connectivity index (χ4v) is 3.11. The maximum absolute atomic E-state index is 11.2. The number of rotatable bonds is 8. The minimum atomic E-state index is -0.475. The van der Waals surface area contributed by atoms with Crippen LogP contribution in [0.1, 0.15) is 12.5 Å². The van der Waals surface area contributed by atoms with Gasteiger partial charge in [0.1, 0.15) is 5.75 Å². The molecule has 1 N–H and O–H groups in total. The summed E-state index contributed by atoms with van der Waals surface area (Å²) < 4.78 is 10.5. The van der Waals surface area contributed by atoms with Crippen molar-refractivity contribution in [3.63, 3.8) is 0 Å². The Morgan fingerprint density at radius 1 is 1.32 bits per heavy atom. The molecule has 144 valence electrons. The molecule has 1 heterocycles. The van der Waals surface area contributed by atoms with Gasteiger partial charge in [0.05, 0.1) is 30.5 Å². The topological polar surface area (TPSA) is 98.9 Å². The van der Waals surface area contributed by atoms with E-state index in [2.05, 4.69) is 15.5 Å². The SMILES string of the molecule is CCOc1ccc(/C=N\Nc2nc(-c3cccc(OC)c3)cs2)cc1[N+](=O)[O-]. The van der Waals surface area contributed by atoms with Crippen LogP contribution in [-0.4, -0.2) is 29.8 Å². The van der Waals surface area contributed by atoms with Gasteiger partial charge in [0.15, 0.2) is 5.75 Å². The van der Waals surface area contributed by atoms with Gasteiger partial charge < -0.3 is 9.47 Å². The number of hydrazone groups is 1. The van der Waals surface area contributed by atoms with Crippen molar-refractivity contribution in [3.05, 3.63) is 63.5 Å². The molecule has 1 aromatic heterocycles. The fourth-order valence-electron chi connectivity index (χ4n) is 2.44. The molecule has 0 atom stereocenters. The zero-order valence-electron chi connectivity index (χ0n) is 15.3. The number of nitro benzene ring substituents is 1. The van der Waals surface area contributed by atoms with Crippen LogP contribution in [0.15, 0.2) is 52.9 Å². The first kappa shape index (κ1) is 19.3. The second-order valence-corrected chi connectivity index (χ2v) is 6.42. The fraction of sp³-hybridized carbons (Fsp3) is 0.158. The van der Waals surface area contributed by atoms with Gasteiger partial charge in [0, 0.05) is 22.6 Å². The third kappa shape index (κ3) is 4.63. The number of ether oxygens (including phenoxy) is 2. The lowest BCUT2D eigenvalue weighted by Gasteiger charge is -2.04. The maximum Gasteiger partial charge on any atom is 0.311 e. The van der Waals surface area contributed by atoms with E-state index in [1.165, 1.54) is 23.6 Å². The number of hydrogen-bond acceptors (Lipinski definition) is 8. The molecule has 3 rings (SSSR count). The smallest absolute Gasteiger partial charge is 0.311 e. The summed E-state index contributed by atoms with van der Waals surface area (Å²) in [7, 11) is 1.62. The minimum Gasteiger partial charge on any atom is -0.497 e. The van der Waals surface area contributed by atoms with Gasteiger partial charge in [-0.1, -0.05) is 12.1 Å². The number of anilines is 1. The molecule has 3 aromatic rings. The molecule has 0 radical (unpaired) electrons. The van der Waals surface area contributed by atoms with E-state index >= 15 is 0 Å². The van der Waals surface area contributed by atoms with Crippen molar-refractivity contribution in [1.82, 2.24) is 4.98 Å². The summed E-state index contributed by atoms with van der Waals surface area (Å²) in [4.78, 5) is 15.2. The Balaban J connectivity index is 1.70. The number of hydrogen-bond donors (Lipinski definition) is 1. The van der Waals surface area contributed by atoms with Gasteiger partial charge in [-0.05, 0) is 31.2 Å². The van der Waals surface area contributed by atoms with E-state index in [9.17, 15) is 10.1 Å². The predicted molar refractivity (Wildman–Crippen MR) is 110 cm³/mol. The highest BCUT2D eigenvalue weighted by Crippen LogP contribution is 2.28. The molecule has 0 bridgehead atoms. The molecule has 0 aliphatic heterocycles. The second kappa shape index (κ2) is 8.96. The quantitative estimate of drug-likeness (QED) is 0.339. The van der Waals surface area contributed by atoms with E-state index in [0.29, 0.717) is 17.3 Å². The molecule has 0 spiro atoms. The molecule has 9 heteroatoms. The highest BCUT2D eigenvalue weighted by molar-refractivity contribution is 7.14. The van der Waals surface area contributed by atoms with Crippen LogP contribution in [0.5, 0.6) is 11.5 Å². The molecule has 0 unspecified atom stereocenters. The molecule has 0 fully saturated rings.